The van der Waals surface area contributed by atoms with Gasteiger partial charge in [-0.3, -0.25) is 9.69 Å². The quantitative estimate of drug-likeness (QED) is 0.333. The molecule has 0 unspecified atom stereocenters. The molecule has 0 spiro atoms. The molecule has 0 aliphatic carbocycles. The fourth-order valence-electron chi connectivity index (χ4n) is 3.26. The van der Waals surface area contributed by atoms with Gasteiger partial charge in [-0.15, -0.1) is 0 Å². The zero-order valence-corrected chi connectivity index (χ0v) is 14.6. The number of Topliss-reactive ketones (excluding diaryl/α,β-unsaturated/α-hetero) is 1. The monoisotopic (exact) mass is 344 g/mol. The van der Waals surface area contributed by atoms with E-state index in [1.807, 2.05) is 24.3 Å². The highest BCUT2D eigenvalue weighted by Crippen LogP contribution is 2.22. The summed E-state index contributed by atoms with van der Waals surface area (Å²) in [4.78, 5) is 26.3. The maximum absolute atomic E-state index is 12.2. The SMILES string of the molecule is COC(=O)C(=O)c1cn(CCCCN2CCOCC2)c2ccccc12. The molecular weight excluding hydrogens is 320 g/mol. The van der Waals surface area contributed by atoms with Crippen LogP contribution in [0, 0.1) is 0 Å². The minimum absolute atomic E-state index is 0.413. The Morgan fingerprint density at radius 3 is 2.60 bits per heavy atom. The van der Waals surface area contributed by atoms with Crippen LogP contribution in [0.1, 0.15) is 23.2 Å². The Morgan fingerprint density at radius 1 is 1.12 bits per heavy atom. The number of aryl methyl sites for hydroxylation is 1. The van der Waals surface area contributed by atoms with Crippen molar-refractivity contribution in [2.75, 3.05) is 40.0 Å². The molecule has 134 valence electrons. The second-order valence-corrected chi connectivity index (χ2v) is 6.24. The molecule has 0 amide bonds. The van der Waals surface area contributed by atoms with Crippen LogP contribution >= 0.6 is 0 Å². The van der Waals surface area contributed by atoms with Gasteiger partial charge < -0.3 is 14.0 Å². The Balaban J connectivity index is 1.66. The molecule has 6 nitrogen and oxygen atoms in total. The topological polar surface area (TPSA) is 60.8 Å². The normalized spacial score (nSPS) is 15.4. The van der Waals surface area contributed by atoms with E-state index in [1.165, 1.54) is 7.11 Å². The number of esters is 1. The first-order chi connectivity index (χ1) is 12.2. The van der Waals surface area contributed by atoms with Crippen LogP contribution in [0.5, 0.6) is 0 Å². The van der Waals surface area contributed by atoms with Crippen molar-refractivity contribution in [3.8, 4) is 0 Å². The molecule has 2 aromatic rings. The fraction of sp³-hybridized carbons (Fsp3) is 0.474. The highest BCUT2D eigenvalue weighted by molar-refractivity contribution is 6.42. The maximum atomic E-state index is 12.2. The Labute approximate surface area is 147 Å². The number of hydrogen-bond acceptors (Lipinski definition) is 5. The Kier molecular flexibility index (Phi) is 5.83. The summed E-state index contributed by atoms with van der Waals surface area (Å²) in [6.45, 7) is 5.53. The first-order valence-electron chi connectivity index (χ1n) is 8.71. The summed E-state index contributed by atoms with van der Waals surface area (Å²) in [5.41, 5.74) is 1.39. The van der Waals surface area contributed by atoms with Crippen molar-refractivity contribution in [2.24, 2.45) is 0 Å². The Morgan fingerprint density at radius 2 is 1.84 bits per heavy atom. The lowest BCUT2D eigenvalue weighted by atomic mass is 10.1. The summed E-state index contributed by atoms with van der Waals surface area (Å²) in [6.07, 6.45) is 3.88. The van der Waals surface area contributed by atoms with Crippen LogP contribution in [-0.4, -0.2) is 61.2 Å². The number of benzene rings is 1. The summed E-state index contributed by atoms with van der Waals surface area (Å²) in [7, 11) is 1.23. The Hall–Kier alpha value is -2.18. The minimum atomic E-state index is -0.824. The highest BCUT2D eigenvalue weighted by Gasteiger charge is 2.21. The third-order valence-corrected chi connectivity index (χ3v) is 4.63. The fourth-order valence-corrected chi connectivity index (χ4v) is 3.26. The lowest BCUT2D eigenvalue weighted by Gasteiger charge is -2.26. The van der Waals surface area contributed by atoms with Crippen molar-refractivity contribution in [1.29, 1.82) is 0 Å². The zero-order valence-electron chi connectivity index (χ0n) is 14.6. The van der Waals surface area contributed by atoms with E-state index >= 15 is 0 Å². The number of unbranched alkanes of at least 4 members (excludes halogenated alkanes) is 1. The van der Waals surface area contributed by atoms with Gasteiger partial charge in [0.15, 0.2) is 0 Å². The van der Waals surface area contributed by atoms with E-state index in [0.717, 1.165) is 63.1 Å². The molecule has 2 heterocycles. The molecule has 1 aromatic carbocycles. The number of carbonyl (C=O) groups excluding carboxylic acids is 2. The minimum Gasteiger partial charge on any atom is -0.463 e. The van der Waals surface area contributed by atoms with Crippen molar-refractivity contribution in [1.82, 2.24) is 9.47 Å². The number of nitrogens with zero attached hydrogens (tertiary/aromatic N) is 2. The predicted molar refractivity (Wildman–Crippen MR) is 94.8 cm³/mol. The summed E-state index contributed by atoms with van der Waals surface area (Å²) in [6, 6.07) is 7.67. The van der Waals surface area contributed by atoms with Gasteiger partial charge in [-0.25, -0.2) is 4.79 Å². The van der Waals surface area contributed by atoms with Crippen molar-refractivity contribution < 1.29 is 19.1 Å². The van der Waals surface area contributed by atoms with Gasteiger partial charge in [0.1, 0.15) is 0 Å². The van der Waals surface area contributed by atoms with E-state index in [4.69, 9.17) is 4.74 Å². The molecule has 1 aliphatic heterocycles. The lowest BCUT2D eigenvalue weighted by Crippen LogP contribution is -2.36. The van der Waals surface area contributed by atoms with Gasteiger partial charge in [-0.1, -0.05) is 18.2 Å². The molecule has 0 N–H and O–H groups in total. The molecule has 0 atom stereocenters. The number of hydrogen-bond donors (Lipinski definition) is 0. The molecule has 1 saturated heterocycles. The Bertz CT molecular complexity index is 747. The maximum Gasteiger partial charge on any atom is 0.379 e. The number of carbonyl (C=O) groups is 2. The molecule has 0 radical (unpaired) electrons. The van der Waals surface area contributed by atoms with Crippen LogP contribution in [0.2, 0.25) is 0 Å². The predicted octanol–water partition coefficient (Wildman–Crippen LogP) is 2.11. The van der Waals surface area contributed by atoms with Crippen LogP contribution < -0.4 is 0 Å². The van der Waals surface area contributed by atoms with E-state index in [-0.39, 0.29) is 0 Å². The van der Waals surface area contributed by atoms with E-state index in [1.54, 1.807) is 6.20 Å². The summed E-state index contributed by atoms with van der Waals surface area (Å²) in [5, 5.41) is 0.797. The molecule has 1 aromatic heterocycles. The molecule has 1 aliphatic rings. The van der Waals surface area contributed by atoms with Crippen LogP contribution in [0.25, 0.3) is 10.9 Å². The summed E-state index contributed by atoms with van der Waals surface area (Å²) in [5.74, 6) is -1.42. The lowest BCUT2D eigenvalue weighted by molar-refractivity contribution is -0.135. The third kappa shape index (κ3) is 4.08. The number of aromatic nitrogens is 1. The molecule has 0 saturated carbocycles. The van der Waals surface area contributed by atoms with Gasteiger partial charge in [-0.2, -0.15) is 0 Å². The largest absolute Gasteiger partial charge is 0.463 e. The first-order valence-corrected chi connectivity index (χ1v) is 8.71. The van der Waals surface area contributed by atoms with Crippen molar-refractivity contribution >= 4 is 22.7 Å². The van der Waals surface area contributed by atoms with Crippen LogP contribution in [-0.2, 0) is 20.8 Å². The zero-order chi connectivity index (χ0) is 17.6. The molecule has 0 bridgehead atoms. The number of morpholine rings is 1. The van der Waals surface area contributed by atoms with Crippen LogP contribution in [0.15, 0.2) is 30.5 Å². The molecular formula is C19H24N2O4. The second kappa shape index (κ2) is 8.27. The highest BCUT2D eigenvalue weighted by atomic mass is 16.5. The summed E-state index contributed by atoms with van der Waals surface area (Å²) < 4.78 is 12.0. The van der Waals surface area contributed by atoms with Gasteiger partial charge in [0.2, 0.25) is 0 Å². The van der Waals surface area contributed by atoms with Crippen molar-refractivity contribution in [3.05, 3.63) is 36.0 Å². The third-order valence-electron chi connectivity index (χ3n) is 4.63. The van der Waals surface area contributed by atoms with Crippen LogP contribution in [0.4, 0.5) is 0 Å². The number of methoxy groups -OCH3 is 1. The molecule has 25 heavy (non-hydrogen) atoms. The molecule has 1 fully saturated rings. The second-order valence-electron chi connectivity index (χ2n) is 6.24. The van der Waals surface area contributed by atoms with E-state index in [2.05, 4.69) is 14.2 Å². The van der Waals surface area contributed by atoms with Gasteiger partial charge >= 0.3 is 5.97 Å². The van der Waals surface area contributed by atoms with Gasteiger partial charge in [0, 0.05) is 36.7 Å². The van der Waals surface area contributed by atoms with Crippen molar-refractivity contribution in [2.45, 2.75) is 19.4 Å². The van der Waals surface area contributed by atoms with Crippen LogP contribution in [0.3, 0.4) is 0 Å². The van der Waals surface area contributed by atoms with E-state index in [9.17, 15) is 9.59 Å². The smallest absolute Gasteiger partial charge is 0.379 e. The van der Waals surface area contributed by atoms with Gasteiger partial charge in [-0.05, 0) is 25.5 Å². The standard InChI is InChI=1S/C19H24N2O4/c1-24-19(23)18(22)16-14-21(17-7-3-2-6-15(16)17)9-5-4-8-20-10-12-25-13-11-20/h2-3,6-7,14H,4-5,8-13H2,1H3. The van der Waals surface area contributed by atoms with E-state index < -0.39 is 11.8 Å². The van der Waals surface area contributed by atoms with Gasteiger partial charge in [0.25, 0.3) is 5.78 Å². The summed E-state index contributed by atoms with van der Waals surface area (Å²) >= 11 is 0. The van der Waals surface area contributed by atoms with Gasteiger partial charge in [0.05, 0.1) is 25.9 Å². The first kappa shape index (κ1) is 17.6. The number of ether oxygens (including phenoxy) is 2. The number of fused-ring (bicyclic) bond motifs is 1. The number of ketones is 1. The van der Waals surface area contributed by atoms with E-state index in [0.29, 0.717) is 5.56 Å². The molecule has 3 rings (SSSR count). The number of para-hydroxylation sites is 1. The molecule has 6 heteroatoms. The average molecular weight is 344 g/mol. The average Bonchev–Trinajstić information content (AvgIpc) is 3.03. The van der Waals surface area contributed by atoms with Crippen molar-refractivity contribution in [3.63, 3.8) is 0 Å². The number of rotatable bonds is 7.